The summed E-state index contributed by atoms with van der Waals surface area (Å²) in [6.07, 6.45) is 2.14. The summed E-state index contributed by atoms with van der Waals surface area (Å²) >= 11 is 0. The molecular weight excluding hydrogens is 172 g/mol. The minimum atomic E-state index is -0.550. The summed E-state index contributed by atoms with van der Waals surface area (Å²) in [5.74, 6) is -0.682. The van der Waals surface area contributed by atoms with Gasteiger partial charge in [-0.05, 0) is 36.5 Å². The summed E-state index contributed by atoms with van der Waals surface area (Å²) < 4.78 is 25.6. The molecule has 2 rings (SSSR count). The first kappa shape index (κ1) is 8.63. The third-order valence-electron chi connectivity index (χ3n) is 2.40. The van der Waals surface area contributed by atoms with Gasteiger partial charge in [0.15, 0.2) is 0 Å². The molecule has 2 N–H and O–H groups in total. The van der Waals surface area contributed by atoms with E-state index in [1.807, 2.05) is 0 Å². The van der Waals surface area contributed by atoms with E-state index in [9.17, 15) is 8.78 Å². The summed E-state index contributed by atoms with van der Waals surface area (Å²) in [7, 11) is 0. The predicted octanol–water partition coefficient (Wildman–Crippen LogP) is 2.37. The molecule has 1 aliphatic carbocycles. The quantitative estimate of drug-likeness (QED) is 0.748. The smallest absolute Gasteiger partial charge is 0.126 e. The van der Waals surface area contributed by atoms with Gasteiger partial charge in [0.1, 0.15) is 11.6 Å². The highest BCUT2D eigenvalue weighted by Gasteiger charge is 2.29. The second-order valence-electron chi connectivity index (χ2n) is 3.57. The molecule has 0 radical (unpaired) electrons. The highest BCUT2D eigenvalue weighted by molar-refractivity contribution is 5.22. The molecule has 1 aromatic carbocycles. The van der Waals surface area contributed by atoms with Crippen molar-refractivity contribution < 1.29 is 8.78 Å². The Bertz CT molecular complexity index is 300. The maximum atomic E-state index is 12.8. The Morgan fingerprint density at radius 3 is 2.15 bits per heavy atom. The van der Waals surface area contributed by atoms with Crippen molar-refractivity contribution in [1.82, 2.24) is 0 Å². The monoisotopic (exact) mass is 183 g/mol. The molecule has 1 aromatic rings. The highest BCUT2D eigenvalue weighted by Crippen LogP contribution is 2.39. The normalized spacial score (nSPS) is 18.7. The van der Waals surface area contributed by atoms with Gasteiger partial charge in [-0.2, -0.15) is 0 Å². The lowest BCUT2D eigenvalue weighted by molar-refractivity contribution is 0.563. The number of hydrogen-bond acceptors (Lipinski definition) is 1. The van der Waals surface area contributed by atoms with Gasteiger partial charge in [0.25, 0.3) is 0 Å². The molecule has 0 spiro atoms. The van der Waals surface area contributed by atoms with Crippen molar-refractivity contribution in [1.29, 1.82) is 0 Å². The Labute approximate surface area is 75.6 Å². The van der Waals surface area contributed by atoms with Crippen LogP contribution in [0.3, 0.4) is 0 Å². The molecule has 0 aromatic heterocycles. The highest BCUT2D eigenvalue weighted by atomic mass is 19.1. The fourth-order valence-corrected chi connectivity index (χ4v) is 1.50. The molecule has 1 unspecified atom stereocenters. The zero-order chi connectivity index (χ0) is 9.42. The van der Waals surface area contributed by atoms with E-state index in [-0.39, 0.29) is 6.04 Å². The van der Waals surface area contributed by atoms with E-state index in [0.29, 0.717) is 11.5 Å². The van der Waals surface area contributed by atoms with Crippen molar-refractivity contribution in [2.45, 2.75) is 18.9 Å². The number of halogens is 2. The Morgan fingerprint density at radius 1 is 1.15 bits per heavy atom. The molecule has 0 amide bonds. The van der Waals surface area contributed by atoms with Crippen molar-refractivity contribution in [3.8, 4) is 0 Å². The van der Waals surface area contributed by atoms with E-state index in [1.165, 1.54) is 12.1 Å². The zero-order valence-electron chi connectivity index (χ0n) is 7.13. The van der Waals surface area contributed by atoms with E-state index in [1.54, 1.807) is 0 Å². The van der Waals surface area contributed by atoms with Crippen molar-refractivity contribution in [3.05, 3.63) is 35.4 Å². The van der Waals surface area contributed by atoms with Gasteiger partial charge in [-0.15, -0.1) is 0 Å². The fourth-order valence-electron chi connectivity index (χ4n) is 1.50. The second-order valence-corrected chi connectivity index (χ2v) is 3.57. The molecule has 1 nitrogen and oxygen atoms in total. The van der Waals surface area contributed by atoms with Crippen LogP contribution in [0.1, 0.15) is 24.4 Å². The molecule has 1 atom stereocenters. The molecule has 0 bridgehead atoms. The Kier molecular flexibility index (Phi) is 2.04. The molecule has 3 heteroatoms. The van der Waals surface area contributed by atoms with Gasteiger partial charge in [0.05, 0.1) is 0 Å². The minimum absolute atomic E-state index is 0.204. The first-order chi connectivity index (χ1) is 6.16. The summed E-state index contributed by atoms with van der Waals surface area (Å²) in [6, 6.07) is 3.28. The fraction of sp³-hybridized carbons (Fsp3) is 0.400. The average Bonchev–Trinajstić information content (AvgIpc) is 2.83. The third kappa shape index (κ3) is 1.86. The van der Waals surface area contributed by atoms with Gasteiger partial charge < -0.3 is 5.73 Å². The minimum Gasteiger partial charge on any atom is -0.324 e. The van der Waals surface area contributed by atoms with Crippen LogP contribution in [0.25, 0.3) is 0 Å². The molecule has 1 fully saturated rings. The molecule has 0 saturated heterocycles. The van der Waals surface area contributed by atoms with Crippen LogP contribution >= 0.6 is 0 Å². The van der Waals surface area contributed by atoms with Gasteiger partial charge in [0.2, 0.25) is 0 Å². The molecular formula is C10H11F2N. The Hall–Kier alpha value is -0.960. The number of benzene rings is 1. The van der Waals surface area contributed by atoms with E-state index >= 15 is 0 Å². The molecule has 13 heavy (non-hydrogen) atoms. The lowest BCUT2D eigenvalue weighted by Gasteiger charge is -2.10. The van der Waals surface area contributed by atoms with Crippen molar-refractivity contribution in [2.75, 3.05) is 0 Å². The summed E-state index contributed by atoms with van der Waals surface area (Å²) in [6.45, 7) is 0. The SMILES string of the molecule is NC(c1cc(F)cc(F)c1)C1CC1. The lowest BCUT2D eigenvalue weighted by Crippen LogP contribution is -2.12. The molecule has 70 valence electrons. The number of hydrogen-bond donors (Lipinski definition) is 1. The maximum Gasteiger partial charge on any atom is 0.126 e. The topological polar surface area (TPSA) is 26.0 Å². The van der Waals surface area contributed by atoms with Crippen LogP contribution in [0.15, 0.2) is 18.2 Å². The van der Waals surface area contributed by atoms with E-state index < -0.39 is 11.6 Å². The second kappa shape index (κ2) is 3.07. The Morgan fingerprint density at radius 2 is 1.69 bits per heavy atom. The van der Waals surface area contributed by atoms with Crippen molar-refractivity contribution in [2.24, 2.45) is 11.7 Å². The van der Waals surface area contributed by atoms with Gasteiger partial charge in [-0.1, -0.05) is 0 Å². The average molecular weight is 183 g/mol. The van der Waals surface area contributed by atoms with Crippen LogP contribution in [0, 0.1) is 17.6 Å². The third-order valence-corrected chi connectivity index (χ3v) is 2.40. The number of nitrogens with two attached hydrogens (primary N) is 1. The first-order valence-corrected chi connectivity index (χ1v) is 4.38. The summed E-state index contributed by atoms with van der Waals surface area (Å²) in [4.78, 5) is 0. The van der Waals surface area contributed by atoms with E-state index in [0.717, 1.165) is 18.9 Å². The van der Waals surface area contributed by atoms with Gasteiger partial charge >= 0.3 is 0 Å². The predicted molar refractivity (Wildman–Crippen MR) is 46.0 cm³/mol. The lowest BCUT2D eigenvalue weighted by atomic mass is 10.0. The Balaban J connectivity index is 2.27. The van der Waals surface area contributed by atoms with Crippen LogP contribution in [0.4, 0.5) is 8.78 Å². The van der Waals surface area contributed by atoms with E-state index in [4.69, 9.17) is 5.73 Å². The molecule has 0 aliphatic heterocycles. The van der Waals surface area contributed by atoms with Gasteiger partial charge in [-0.25, -0.2) is 8.78 Å². The van der Waals surface area contributed by atoms with Crippen LogP contribution in [-0.4, -0.2) is 0 Å². The van der Waals surface area contributed by atoms with Crippen LogP contribution < -0.4 is 5.73 Å². The zero-order valence-corrected chi connectivity index (χ0v) is 7.13. The largest absolute Gasteiger partial charge is 0.324 e. The van der Waals surface area contributed by atoms with Gasteiger partial charge in [0, 0.05) is 12.1 Å². The summed E-state index contributed by atoms with van der Waals surface area (Å²) in [5, 5.41) is 0. The molecule has 1 saturated carbocycles. The summed E-state index contributed by atoms with van der Waals surface area (Å²) in [5.41, 5.74) is 6.37. The van der Waals surface area contributed by atoms with Crippen molar-refractivity contribution >= 4 is 0 Å². The molecule has 1 aliphatic rings. The maximum absolute atomic E-state index is 12.8. The first-order valence-electron chi connectivity index (χ1n) is 4.38. The standard InChI is InChI=1S/C10H11F2N/c11-8-3-7(4-9(12)5-8)10(13)6-1-2-6/h3-6,10H,1-2,13H2. The van der Waals surface area contributed by atoms with Crippen molar-refractivity contribution in [3.63, 3.8) is 0 Å². The van der Waals surface area contributed by atoms with Crippen LogP contribution in [-0.2, 0) is 0 Å². The van der Waals surface area contributed by atoms with Crippen LogP contribution in [0.2, 0.25) is 0 Å². The number of rotatable bonds is 2. The molecule has 0 heterocycles. The van der Waals surface area contributed by atoms with Crippen LogP contribution in [0.5, 0.6) is 0 Å². The van der Waals surface area contributed by atoms with E-state index in [2.05, 4.69) is 0 Å². The van der Waals surface area contributed by atoms with Gasteiger partial charge in [-0.3, -0.25) is 0 Å².